The van der Waals surface area contributed by atoms with Gasteiger partial charge in [0, 0.05) is 13.1 Å². The van der Waals surface area contributed by atoms with Gasteiger partial charge in [0.2, 0.25) is 0 Å². The maximum Gasteiger partial charge on any atom is 0.315 e. The lowest BCUT2D eigenvalue weighted by molar-refractivity contribution is -0.144. The molecule has 14 heavy (non-hydrogen) atoms. The summed E-state index contributed by atoms with van der Waals surface area (Å²) < 4.78 is 24.0. The van der Waals surface area contributed by atoms with Crippen LogP contribution in [0.1, 0.15) is 6.92 Å². The molecule has 1 amide bonds. The molecular weight excluding hydrogens is 196 g/mol. The van der Waals surface area contributed by atoms with E-state index in [-0.39, 0.29) is 19.0 Å². The van der Waals surface area contributed by atoms with Gasteiger partial charge in [-0.3, -0.25) is 9.59 Å². The van der Waals surface area contributed by atoms with Gasteiger partial charge in [-0.05, 0) is 5.92 Å². The van der Waals surface area contributed by atoms with Gasteiger partial charge in [-0.25, -0.2) is 0 Å². The molecular formula is C8H11F2NO3. The van der Waals surface area contributed by atoms with E-state index in [1.54, 1.807) is 6.92 Å². The summed E-state index contributed by atoms with van der Waals surface area (Å²) in [5.41, 5.74) is 0. The van der Waals surface area contributed by atoms with Crippen LogP contribution < -0.4 is 0 Å². The Labute approximate surface area is 79.5 Å². The normalized spacial score (nSPS) is 27.0. The second-order valence-corrected chi connectivity index (χ2v) is 3.47. The Kier molecular flexibility index (Phi) is 3.03. The molecule has 4 nitrogen and oxygen atoms in total. The first-order valence-electron chi connectivity index (χ1n) is 4.23. The molecule has 1 N–H and O–H groups in total. The number of rotatable bonds is 2. The van der Waals surface area contributed by atoms with Crippen molar-refractivity contribution in [3.8, 4) is 0 Å². The third-order valence-electron chi connectivity index (χ3n) is 2.43. The lowest BCUT2D eigenvalue weighted by Gasteiger charge is -2.14. The highest BCUT2D eigenvalue weighted by atomic mass is 19.3. The molecule has 1 saturated heterocycles. The number of carboxylic acids is 1. The van der Waals surface area contributed by atoms with E-state index in [4.69, 9.17) is 5.11 Å². The van der Waals surface area contributed by atoms with Gasteiger partial charge in [-0.1, -0.05) is 6.92 Å². The van der Waals surface area contributed by atoms with Crippen molar-refractivity contribution in [2.24, 2.45) is 11.8 Å². The molecule has 1 rings (SSSR count). The highest BCUT2D eigenvalue weighted by Crippen LogP contribution is 2.24. The number of carbonyl (C=O) groups excluding carboxylic acids is 1. The van der Waals surface area contributed by atoms with Gasteiger partial charge in [-0.15, -0.1) is 0 Å². The first kappa shape index (κ1) is 10.9. The molecule has 2 atom stereocenters. The lowest BCUT2D eigenvalue weighted by Crippen LogP contribution is -2.34. The second-order valence-electron chi connectivity index (χ2n) is 3.47. The van der Waals surface area contributed by atoms with E-state index in [1.165, 1.54) is 0 Å². The molecule has 1 aliphatic rings. The minimum absolute atomic E-state index is 0.0974. The smallest absolute Gasteiger partial charge is 0.315 e. The summed E-state index contributed by atoms with van der Waals surface area (Å²) >= 11 is 0. The summed E-state index contributed by atoms with van der Waals surface area (Å²) in [6.45, 7) is 1.62. The van der Waals surface area contributed by atoms with Gasteiger partial charge in [0.1, 0.15) is 0 Å². The molecule has 0 spiro atoms. The van der Waals surface area contributed by atoms with Crippen LogP contribution in [-0.4, -0.2) is 41.4 Å². The van der Waals surface area contributed by atoms with Crippen molar-refractivity contribution < 1.29 is 23.5 Å². The summed E-state index contributed by atoms with van der Waals surface area (Å²) in [6, 6.07) is 0. The van der Waals surface area contributed by atoms with Gasteiger partial charge < -0.3 is 10.0 Å². The predicted octanol–water partition coefficient (Wildman–Crippen LogP) is 0.431. The van der Waals surface area contributed by atoms with Crippen LogP contribution in [0.25, 0.3) is 0 Å². The van der Waals surface area contributed by atoms with E-state index in [2.05, 4.69) is 0 Å². The third kappa shape index (κ3) is 2.00. The summed E-state index contributed by atoms with van der Waals surface area (Å²) in [6.07, 6.45) is -3.05. The SMILES string of the molecule is C[C@@H]1CN(C(=O)C(F)F)C[C@H]1C(=O)O. The van der Waals surface area contributed by atoms with Crippen molar-refractivity contribution in [1.29, 1.82) is 0 Å². The van der Waals surface area contributed by atoms with Gasteiger partial charge in [0.05, 0.1) is 5.92 Å². The highest BCUT2D eigenvalue weighted by Gasteiger charge is 2.38. The van der Waals surface area contributed by atoms with Crippen molar-refractivity contribution in [3.05, 3.63) is 0 Å². The van der Waals surface area contributed by atoms with Crippen molar-refractivity contribution in [3.63, 3.8) is 0 Å². The maximum atomic E-state index is 12.0. The maximum absolute atomic E-state index is 12.0. The minimum atomic E-state index is -3.05. The minimum Gasteiger partial charge on any atom is -0.481 e. The number of likely N-dealkylation sites (tertiary alicyclic amines) is 1. The molecule has 0 aromatic heterocycles. The fraction of sp³-hybridized carbons (Fsp3) is 0.750. The van der Waals surface area contributed by atoms with Crippen molar-refractivity contribution in [2.75, 3.05) is 13.1 Å². The van der Waals surface area contributed by atoms with E-state index < -0.39 is 24.2 Å². The van der Waals surface area contributed by atoms with Gasteiger partial charge in [-0.2, -0.15) is 8.78 Å². The van der Waals surface area contributed by atoms with Crippen LogP contribution in [0, 0.1) is 11.8 Å². The van der Waals surface area contributed by atoms with Crippen LogP contribution in [0.3, 0.4) is 0 Å². The topological polar surface area (TPSA) is 57.6 Å². The number of halogens is 2. The van der Waals surface area contributed by atoms with Crippen LogP contribution >= 0.6 is 0 Å². The fourth-order valence-corrected chi connectivity index (χ4v) is 1.61. The van der Waals surface area contributed by atoms with E-state index >= 15 is 0 Å². The molecule has 0 aromatic rings. The highest BCUT2D eigenvalue weighted by molar-refractivity contribution is 5.81. The third-order valence-corrected chi connectivity index (χ3v) is 2.43. The average molecular weight is 207 g/mol. The molecule has 1 fully saturated rings. The number of carbonyl (C=O) groups is 2. The summed E-state index contributed by atoms with van der Waals surface area (Å²) in [5.74, 6) is -3.31. The zero-order valence-corrected chi connectivity index (χ0v) is 7.61. The van der Waals surface area contributed by atoms with Crippen molar-refractivity contribution in [2.45, 2.75) is 13.3 Å². The first-order valence-corrected chi connectivity index (χ1v) is 4.23. The number of hydrogen-bond donors (Lipinski definition) is 1. The zero-order chi connectivity index (χ0) is 10.9. The van der Waals surface area contributed by atoms with E-state index in [0.29, 0.717) is 0 Å². The molecule has 1 aliphatic heterocycles. The first-order chi connectivity index (χ1) is 6.43. The Balaban J connectivity index is 2.63. The molecule has 0 unspecified atom stereocenters. The molecule has 0 aliphatic carbocycles. The molecule has 6 heteroatoms. The average Bonchev–Trinajstić information content (AvgIpc) is 2.45. The second kappa shape index (κ2) is 3.89. The molecule has 0 aromatic carbocycles. The quantitative estimate of drug-likeness (QED) is 0.714. The fourth-order valence-electron chi connectivity index (χ4n) is 1.61. The summed E-state index contributed by atoms with van der Waals surface area (Å²) in [5, 5.41) is 8.70. The van der Waals surface area contributed by atoms with Crippen molar-refractivity contribution in [1.82, 2.24) is 4.90 Å². The van der Waals surface area contributed by atoms with Crippen LogP contribution in [0.2, 0.25) is 0 Å². The van der Waals surface area contributed by atoms with Gasteiger partial charge in [0.25, 0.3) is 5.91 Å². The molecule has 0 bridgehead atoms. The largest absolute Gasteiger partial charge is 0.481 e. The molecule has 0 saturated carbocycles. The molecule has 1 heterocycles. The van der Waals surface area contributed by atoms with Crippen LogP contribution in [-0.2, 0) is 9.59 Å². The Morgan fingerprint density at radius 1 is 1.43 bits per heavy atom. The van der Waals surface area contributed by atoms with E-state index in [0.717, 1.165) is 4.90 Å². The predicted molar refractivity (Wildman–Crippen MR) is 42.9 cm³/mol. The van der Waals surface area contributed by atoms with Crippen molar-refractivity contribution >= 4 is 11.9 Å². The summed E-state index contributed by atoms with van der Waals surface area (Å²) in [7, 11) is 0. The Morgan fingerprint density at radius 3 is 2.36 bits per heavy atom. The number of amides is 1. The monoisotopic (exact) mass is 207 g/mol. The number of hydrogen-bond acceptors (Lipinski definition) is 2. The molecule has 0 radical (unpaired) electrons. The zero-order valence-electron chi connectivity index (χ0n) is 7.61. The lowest BCUT2D eigenvalue weighted by atomic mass is 9.99. The van der Waals surface area contributed by atoms with Crippen LogP contribution in [0.4, 0.5) is 8.78 Å². The number of carboxylic acid groups (broad SMARTS) is 1. The van der Waals surface area contributed by atoms with E-state index in [1.807, 2.05) is 0 Å². The number of nitrogens with zero attached hydrogens (tertiary/aromatic N) is 1. The Bertz CT molecular complexity index is 257. The number of aliphatic carboxylic acids is 1. The Hall–Kier alpha value is -1.20. The summed E-state index contributed by atoms with van der Waals surface area (Å²) in [4.78, 5) is 22.4. The van der Waals surface area contributed by atoms with Gasteiger partial charge >= 0.3 is 12.4 Å². The van der Waals surface area contributed by atoms with Crippen LogP contribution in [0.5, 0.6) is 0 Å². The van der Waals surface area contributed by atoms with Gasteiger partial charge in [0.15, 0.2) is 0 Å². The number of alkyl halides is 2. The standard InChI is InChI=1S/C8H11F2NO3/c1-4-2-11(7(12)6(9)10)3-5(4)8(13)14/h4-6H,2-3H2,1H3,(H,13,14)/t4-,5-/m1/s1. The van der Waals surface area contributed by atoms with Crippen LogP contribution in [0.15, 0.2) is 0 Å². The van der Waals surface area contributed by atoms with E-state index in [9.17, 15) is 18.4 Å². The molecule has 80 valence electrons. The Morgan fingerprint density at radius 2 is 2.00 bits per heavy atom.